The van der Waals surface area contributed by atoms with Gasteiger partial charge < -0.3 is 25.3 Å². The number of ether oxygens (including phenoxy) is 3. The molecular weight excluding hydrogens is 248 g/mol. The molecule has 0 fully saturated rings. The zero-order valence-electron chi connectivity index (χ0n) is 11.3. The lowest BCUT2D eigenvalue weighted by molar-refractivity contribution is -0.120. The molecule has 1 amide bonds. The molecule has 106 valence electrons. The van der Waals surface area contributed by atoms with Crippen LogP contribution in [0.25, 0.3) is 0 Å². The van der Waals surface area contributed by atoms with E-state index >= 15 is 0 Å². The van der Waals surface area contributed by atoms with E-state index in [4.69, 9.17) is 19.9 Å². The zero-order chi connectivity index (χ0) is 14.1. The van der Waals surface area contributed by atoms with Crippen LogP contribution in [0.2, 0.25) is 0 Å². The number of amides is 1. The molecule has 0 aliphatic rings. The number of rotatable bonds is 8. The minimum Gasteiger partial charge on any atom is -0.493 e. The first-order chi connectivity index (χ1) is 9.21. The van der Waals surface area contributed by atoms with E-state index in [0.29, 0.717) is 36.9 Å². The van der Waals surface area contributed by atoms with Gasteiger partial charge in [-0.1, -0.05) is 0 Å². The van der Waals surface area contributed by atoms with Crippen molar-refractivity contribution in [3.63, 3.8) is 0 Å². The highest BCUT2D eigenvalue weighted by molar-refractivity contribution is 5.92. The highest BCUT2D eigenvalue weighted by Crippen LogP contribution is 2.30. The van der Waals surface area contributed by atoms with Crippen LogP contribution in [-0.2, 0) is 9.53 Å². The standard InChI is InChI=1S/C13H20N2O4/c1-3-19-12-8-10(4-5-11(12)17-2)15-13(16)9-18-7-6-14/h4-5,8H,3,6-7,9,14H2,1-2H3,(H,15,16). The molecule has 0 aromatic heterocycles. The van der Waals surface area contributed by atoms with Crippen molar-refractivity contribution in [3.05, 3.63) is 18.2 Å². The van der Waals surface area contributed by atoms with Crippen molar-refractivity contribution in [2.75, 3.05) is 38.8 Å². The predicted octanol–water partition coefficient (Wildman–Crippen LogP) is 1.01. The number of carbonyl (C=O) groups is 1. The molecule has 19 heavy (non-hydrogen) atoms. The topological polar surface area (TPSA) is 82.8 Å². The second kappa shape index (κ2) is 8.34. The highest BCUT2D eigenvalue weighted by atomic mass is 16.5. The minimum atomic E-state index is -0.235. The van der Waals surface area contributed by atoms with Crippen LogP contribution in [0.3, 0.4) is 0 Å². The summed E-state index contributed by atoms with van der Waals surface area (Å²) in [6, 6.07) is 5.19. The quantitative estimate of drug-likeness (QED) is 0.687. The number of benzene rings is 1. The molecule has 6 nitrogen and oxygen atoms in total. The average Bonchev–Trinajstić information content (AvgIpc) is 2.40. The molecule has 1 rings (SSSR count). The molecule has 1 aromatic carbocycles. The fourth-order valence-electron chi connectivity index (χ4n) is 1.47. The van der Waals surface area contributed by atoms with E-state index in [-0.39, 0.29) is 12.5 Å². The number of carbonyl (C=O) groups excluding carboxylic acids is 1. The van der Waals surface area contributed by atoms with E-state index in [1.165, 1.54) is 0 Å². The first-order valence-corrected chi connectivity index (χ1v) is 6.09. The Morgan fingerprint density at radius 2 is 2.16 bits per heavy atom. The molecule has 0 radical (unpaired) electrons. The maximum absolute atomic E-state index is 11.6. The Morgan fingerprint density at radius 1 is 1.37 bits per heavy atom. The van der Waals surface area contributed by atoms with Crippen molar-refractivity contribution in [3.8, 4) is 11.5 Å². The summed E-state index contributed by atoms with van der Waals surface area (Å²) in [6.07, 6.45) is 0. The molecule has 0 spiro atoms. The number of nitrogens with two attached hydrogens (primary N) is 1. The second-order valence-corrected chi connectivity index (χ2v) is 3.69. The molecule has 1 aromatic rings. The van der Waals surface area contributed by atoms with E-state index in [1.807, 2.05) is 6.92 Å². The molecule has 0 saturated heterocycles. The van der Waals surface area contributed by atoms with E-state index < -0.39 is 0 Å². The van der Waals surface area contributed by atoms with Crippen LogP contribution in [0.4, 0.5) is 5.69 Å². The maximum atomic E-state index is 11.6. The van der Waals surface area contributed by atoms with Gasteiger partial charge in [0.25, 0.3) is 0 Å². The lowest BCUT2D eigenvalue weighted by atomic mass is 10.2. The summed E-state index contributed by atoms with van der Waals surface area (Å²) < 4.78 is 15.6. The lowest BCUT2D eigenvalue weighted by Gasteiger charge is -2.11. The summed E-state index contributed by atoms with van der Waals surface area (Å²) in [7, 11) is 1.57. The van der Waals surface area contributed by atoms with Crippen LogP contribution in [0.5, 0.6) is 11.5 Å². The van der Waals surface area contributed by atoms with Gasteiger partial charge in [0.2, 0.25) is 5.91 Å². The zero-order valence-corrected chi connectivity index (χ0v) is 11.3. The van der Waals surface area contributed by atoms with Crippen molar-refractivity contribution < 1.29 is 19.0 Å². The fourth-order valence-corrected chi connectivity index (χ4v) is 1.47. The first-order valence-electron chi connectivity index (χ1n) is 6.09. The molecule has 0 atom stereocenters. The Labute approximate surface area is 112 Å². The molecule has 0 saturated carbocycles. The Bertz CT molecular complexity index is 410. The van der Waals surface area contributed by atoms with E-state index in [1.54, 1.807) is 25.3 Å². The predicted molar refractivity (Wildman–Crippen MR) is 72.7 cm³/mol. The van der Waals surface area contributed by atoms with Crippen molar-refractivity contribution >= 4 is 11.6 Å². The Kier molecular flexibility index (Phi) is 6.70. The summed E-state index contributed by atoms with van der Waals surface area (Å²) in [5.41, 5.74) is 5.90. The monoisotopic (exact) mass is 268 g/mol. The molecule has 0 bridgehead atoms. The van der Waals surface area contributed by atoms with Crippen LogP contribution in [0, 0.1) is 0 Å². The molecular formula is C13H20N2O4. The van der Waals surface area contributed by atoms with Crippen LogP contribution in [-0.4, -0.2) is 39.4 Å². The lowest BCUT2D eigenvalue weighted by Crippen LogP contribution is -2.20. The van der Waals surface area contributed by atoms with Crippen molar-refractivity contribution in [1.82, 2.24) is 0 Å². The largest absolute Gasteiger partial charge is 0.493 e. The summed E-state index contributed by atoms with van der Waals surface area (Å²) in [4.78, 5) is 11.6. The van der Waals surface area contributed by atoms with Crippen LogP contribution >= 0.6 is 0 Å². The SMILES string of the molecule is CCOc1cc(NC(=O)COCCN)ccc1OC. The van der Waals surface area contributed by atoms with Gasteiger partial charge >= 0.3 is 0 Å². The van der Waals surface area contributed by atoms with E-state index in [9.17, 15) is 4.79 Å². The molecule has 0 heterocycles. The van der Waals surface area contributed by atoms with Gasteiger partial charge in [0.05, 0.1) is 20.3 Å². The van der Waals surface area contributed by atoms with Crippen molar-refractivity contribution in [1.29, 1.82) is 0 Å². The Balaban J connectivity index is 2.63. The Morgan fingerprint density at radius 3 is 2.79 bits per heavy atom. The fraction of sp³-hybridized carbons (Fsp3) is 0.462. The maximum Gasteiger partial charge on any atom is 0.250 e. The van der Waals surface area contributed by atoms with Crippen LogP contribution < -0.4 is 20.5 Å². The summed E-state index contributed by atoms with van der Waals surface area (Å²) >= 11 is 0. The normalized spacial score (nSPS) is 10.1. The van der Waals surface area contributed by atoms with E-state index in [0.717, 1.165) is 0 Å². The van der Waals surface area contributed by atoms with Gasteiger partial charge in [-0.25, -0.2) is 0 Å². The van der Waals surface area contributed by atoms with Gasteiger partial charge in [0.15, 0.2) is 11.5 Å². The number of hydrogen-bond donors (Lipinski definition) is 2. The summed E-state index contributed by atoms with van der Waals surface area (Å²) in [5.74, 6) is 0.978. The molecule has 0 aliphatic heterocycles. The molecule has 6 heteroatoms. The summed E-state index contributed by atoms with van der Waals surface area (Å²) in [5, 5.41) is 2.71. The molecule has 3 N–H and O–H groups in total. The Hall–Kier alpha value is -1.79. The number of anilines is 1. The van der Waals surface area contributed by atoms with Gasteiger partial charge in [-0.05, 0) is 19.1 Å². The second-order valence-electron chi connectivity index (χ2n) is 3.69. The minimum absolute atomic E-state index is 0.0206. The smallest absolute Gasteiger partial charge is 0.250 e. The van der Waals surface area contributed by atoms with Gasteiger partial charge in [0, 0.05) is 18.3 Å². The van der Waals surface area contributed by atoms with Crippen LogP contribution in [0.15, 0.2) is 18.2 Å². The van der Waals surface area contributed by atoms with E-state index in [2.05, 4.69) is 5.32 Å². The summed E-state index contributed by atoms with van der Waals surface area (Å²) in [6.45, 7) is 3.14. The highest BCUT2D eigenvalue weighted by Gasteiger charge is 2.07. The number of hydrogen-bond acceptors (Lipinski definition) is 5. The van der Waals surface area contributed by atoms with Crippen LogP contribution in [0.1, 0.15) is 6.92 Å². The van der Waals surface area contributed by atoms with Gasteiger partial charge in [-0.15, -0.1) is 0 Å². The number of nitrogens with one attached hydrogen (secondary N) is 1. The first kappa shape index (κ1) is 15.3. The molecule has 0 unspecified atom stereocenters. The van der Waals surface area contributed by atoms with Crippen molar-refractivity contribution in [2.24, 2.45) is 5.73 Å². The number of methoxy groups -OCH3 is 1. The van der Waals surface area contributed by atoms with Gasteiger partial charge in [-0.3, -0.25) is 4.79 Å². The molecule has 0 aliphatic carbocycles. The average molecular weight is 268 g/mol. The third-order valence-electron chi connectivity index (χ3n) is 2.24. The third-order valence-corrected chi connectivity index (χ3v) is 2.24. The third kappa shape index (κ3) is 5.15. The van der Waals surface area contributed by atoms with Crippen molar-refractivity contribution in [2.45, 2.75) is 6.92 Å². The van der Waals surface area contributed by atoms with Gasteiger partial charge in [0.1, 0.15) is 6.61 Å². The van der Waals surface area contributed by atoms with Gasteiger partial charge in [-0.2, -0.15) is 0 Å².